The van der Waals surface area contributed by atoms with Gasteiger partial charge in [-0.25, -0.2) is 0 Å². The molecule has 0 spiro atoms. The Morgan fingerprint density at radius 1 is 1.17 bits per heavy atom. The van der Waals surface area contributed by atoms with Crippen molar-refractivity contribution in [1.82, 2.24) is 4.90 Å². The van der Waals surface area contributed by atoms with Crippen molar-refractivity contribution in [3.8, 4) is 0 Å². The molecule has 0 aromatic carbocycles. The van der Waals surface area contributed by atoms with Crippen molar-refractivity contribution in [3.63, 3.8) is 0 Å². The number of aryl methyl sites for hydroxylation is 2. The van der Waals surface area contributed by atoms with Crippen LogP contribution in [0.15, 0.2) is 29.0 Å². The molecule has 0 aliphatic carbocycles. The summed E-state index contributed by atoms with van der Waals surface area (Å²) in [5, 5.41) is 4.43. The summed E-state index contributed by atoms with van der Waals surface area (Å²) in [6.45, 7) is 10.6. The van der Waals surface area contributed by atoms with E-state index in [1.54, 1.807) is 0 Å². The molecule has 1 fully saturated rings. The summed E-state index contributed by atoms with van der Waals surface area (Å²) in [5.74, 6) is 0.867. The summed E-state index contributed by atoms with van der Waals surface area (Å²) in [5.41, 5.74) is 4.26. The van der Waals surface area contributed by atoms with Gasteiger partial charge in [0.05, 0.1) is 0 Å². The van der Waals surface area contributed by atoms with Crippen LogP contribution >= 0.6 is 22.7 Å². The molecule has 1 nitrogen and oxygen atoms in total. The normalized spacial score (nSPS) is 19.0. The van der Waals surface area contributed by atoms with Crippen LogP contribution in [0, 0.1) is 19.8 Å². The highest BCUT2D eigenvalue weighted by Crippen LogP contribution is 2.35. The standard InChI is InChI=1S/C20H27NS2/c1-15-6-4-10-21(14-15)11-5-7-18(19-16(2)8-12-22-19)20-17(3)9-13-23-20/h7-9,12-13,15H,4-6,10-11,14H2,1-3H3. The molecule has 3 heterocycles. The Balaban J connectivity index is 1.76. The average molecular weight is 346 g/mol. The Hall–Kier alpha value is -0.900. The lowest BCUT2D eigenvalue weighted by Crippen LogP contribution is -2.34. The molecule has 2 aromatic rings. The first-order chi connectivity index (χ1) is 11.1. The van der Waals surface area contributed by atoms with Gasteiger partial charge in [-0.1, -0.05) is 13.0 Å². The summed E-state index contributed by atoms with van der Waals surface area (Å²) < 4.78 is 0. The van der Waals surface area contributed by atoms with Gasteiger partial charge in [-0.2, -0.15) is 0 Å². The molecular formula is C20H27NS2. The van der Waals surface area contributed by atoms with E-state index >= 15 is 0 Å². The van der Waals surface area contributed by atoms with Crippen LogP contribution in [0.4, 0.5) is 0 Å². The predicted molar refractivity (Wildman–Crippen MR) is 105 cm³/mol. The lowest BCUT2D eigenvalue weighted by molar-refractivity contribution is 0.187. The van der Waals surface area contributed by atoms with Crippen molar-refractivity contribution in [2.45, 2.75) is 40.0 Å². The van der Waals surface area contributed by atoms with E-state index in [9.17, 15) is 0 Å². The van der Waals surface area contributed by atoms with Crippen molar-refractivity contribution in [3.05, 3.63) is 49.9 Å². The fourth-order valence-corrected chi connectivity index (χ4v) is 5.48. The predicted octanol–water partition coefficient (Wildman–Crippen LogP) is 5.98. The maximum atomic E-state index is 2.64. The smallest absolute Gasteiger partial charge is 0.0382 e. The third-order valence-electron chi connectivity index (χ3n) is 4.75. The lowest BCUT2D eigenvalue weighted by atomic mass is 10.00. The van der Waals surface area contributed by atoms with E-state index in [-0.39, 0.29) is 0 Å². The Kier molecular flexibility index (Phi) is 5.73. The second-order valence-electron chi connectivity index (χ2n) is 6.82. The number of thiophene rings is 2. The van der Waals surface area contributed by atoms with Gasteiger partial charge in [-0.3, -0.25) is 0 Å². The Morgan fingerprint density at radius 3 is 2.35 bits per heavy atom. The van der Waals surface area contributed by atoms with Crippen LogP contribution in [0.1, 0.15) is 47.1 Å². The first-order valence-corrected chi connectivity index (χ1v) is 10.4. The van der Waals surface area contributed by atoms with Gasteiger partial charge in [-0.15, -0.1) is 22.7 Å². The van der Waals surface area contributed by atoms with Gasteiger partial charge in [0.2, 0.25) is 0 Å². The molecule has 2 aromatic heterocycles. The van der Waals surface area contributed by atoms with Crippen LogP contribution in [0.5, 0.6) is 0 Å². The highest BCUT2D eigenvalue weighted by atomic mass is 32.1. The fourth-order valence-electron chi connectivity index (χ4n) is 3.47. The van der Waals surface area contributed by atoms with Gasteiger partial charge < -0.3 is 4.90 Å². The largest absolute Gasteiger partial charge is 0.303 e. The van der Waals surface area contributed by atoms with E-state index in [0.29, 0.717) is 0 Å². The van der Waals surface area contributed by atoms with Crippen molar-refractivity contribution >= 4 is 28.2 Å². The van der Waals surface area contributed by atoms with E-state index in [2.05, 4.69) is 54.6 Å². The zero-order chi connectivity index (χ0) is 16.2. The van der Waals surface area contributed by atoms with Gasteiger partial charge in [-0.05, 0) is 79.6 Å². The lowest BCUT2D eigenvalue weighted by Gasteiger charge is -2.30. The molecule has 1 atom stereocenters. The van der Waals surface area contributed by atoms with Gasteiger partial charge >= 0.3 is 0 Å². The summed E-state index contributed by atoms with van der Waals surface area (Å²) in [7, 11) is 0. The molecule has 0 radical (unpaired) electrons. The Bertz CT molecular complexity index is 622. The van der Waals surface area contributed by atoms with Crippen molar-refractivity contribution in [1.29, 1.82) is 0 Å². The zero-order valence-electron chi connectivity index (χ0n) is 14.5. The first kappa shape index (κ1) is 16.9. The third-order valence-corrected chi connectivity index (χ3v) is 6.85. The monoisotopic (exact) mass is 345 g/mol. The van der Waals surface area contributed by atoms with Crippen LogP contribution in [0.25, 0.3) is 5.57 Å². The number of rotatable bonds is 5. The molecule has 3 rings (SSSR count). The molecule has 1 aliphatic rings. The summed E-state index contributed by atoms with van der Waals surface area (Å²) in [4.78, 5) is 5.54. The molecule has 1 unspecified atom stereocenters. The summed E-state index contributed by atoms with van der Waals surface area (Å²) in [6, 6.07) is 4.48. The van der Waals surface area contributed by atoms with E-state index < -0.39 is 0 Å². The molecule has 0 N–H and O–H groups in total. The van der Waals surface area contributed by atoms with E-state index in [1.807, 2.05) is 22.7 Å². The van der Waals surface area contributed by atoms with Gasteiger partial charge in [0.25, 0.3) is 0 Å². The quantitative estimate of drug-likeness (QED) is 0.644. The highest BCUT2D eigenvalue weighted by Gasteiger charge is 2.16. The molecule has 3 heteroatoms. The maximum absolute atomic E-state index is 2.64. The molecule has 0 amide bonds. The van der Waals surface area contributed by atoms with Gasteiger partial charge in [0.1, 0.15) is 0 Å². The molecule has 0 bridgehead atoms. The van der Waals surface area contributed by atoms with Gasteiger partial charge in [0.15, 0.2) is 0 Å². The number of piperidine rings is 1. The van der Waals surface area contributed by atoms with E-state index in [0.717, 1.165) is 12.3 Å². The minimum Gasteiger partial charge on any atom is -0.303 e. The number of hydrogen-bond acceptors (Lipinski definition) is 3. The molecule has 1 saturated heterocycles. The van der Waals surface area contributed by atoms with Crippen LogP contribution in [0.2, 0.25) is 0 Å². The van der Waals surface area contributed by atoms with E-state index in [1.165, 1.54) is 58.9 Å². The summed E-state index contributed by atoms with van der Waals surface area (Å²) >= 11 is 3.75. The Labute approximate surface area is 148 Å². The zero-order valence-corrected chi connectivity index (χ0v) is 16.1. The molecule has 1 aliphatic heterocycles. The minimum atomic E-state index is 0.867. The highest BCUT2D eigenvalue weighted by molar-refractivity contribution is 7.14. The number of hydrogen-bond donors (Lipinski definition) is 0. The molecule has 0 saturated carbocycles. The van der Waals surface area contributed by atoms with E-state index in [4.69, 9.17) is 0 Å². The fraction of sp³-hybridized carbons (Fsp3) is 0.500. The average Bonchev–Trinajstić information content (AvgIpc) is 3.13. The van der Waals surface area contributed by atoms with Crippen molar-refractivity contribution < 1.29 is 0 Å². The minimum absolute atomic E-state index is 0.867. The van der Waals surface area contributed by atoms with Gasteiger partial charge in [0, 0.05) is 28.4 Å². The Morgan fingerprint density at radius 2 is 1.83 bits per heavy atom. The number of likely N-dealkylation sites (tertiary alicyclic amines) is 1. The first-order valence-electron chi connectivity index (χ1n) is 8.66. The van der Waals surface area contributed by atoms with Crippen LogP contribution < -0.4 is 0 Å². The van der Waals surface area contributed by atoms with Crippen LogP contribution in [-0.4, -0.2) is 24.5 Å². The third kappa shape index (κ3) is 4.14. The molecule has 23 heavy (non-hydrogen) atoms. The van der Waals surface area contributed by atoms with Crippen LogP contribution in [0.3, 0.4) is 0 Å². The maximum Gasteiger partial charge on any atom is 0.0382 e. The topological polar surface area (TPSA) is 3.24 Å². The van der Waals surface area contributed by atoms with Crippen LogP contribution in [-0.2, 0) is 0 Å². The molecule has 124 valence electrons. The second kappa shape index (κ2) is 7.78. The van der Waals surface area contributed by atoms with Crippen molar-refractivity contribution in [2.24, 2.45) is 5.92 Å². The SMILES string of the molecule is Cc1ccsc1C(=CCCN1CCCC(C)C1)c1sccc1C. The second-order valence-corrected chi connectivity index (χ2v) is 8.65. The molecular weight excluding hydrogens is 318 g/mol. The number of nitrogens with zero attached hydrogens (tertiary/aromatic N) is 1. The van der Waals surface area contributed by atoms with Crippen molar-refractivity contribution in [2.75, 3.05) is 19.6 Å². The summed E-state index contributed by atoms with van der Waals surface area (Å²) in [6.07, 6.45) is 6.40.